The molecule has 3 unspecified atom stereocenters. The summed E-state index contributed by atoms with van der Waals surface area (Å²) in [5.41, 5.74) is 5.62. The summed E-state index contributed by atoms with van der Waals surface area (Å²) in [6, 6.07) is 21.4. The molecule has 0 spiro atoms. The molecule has 14 nitrogen and oxygen atoms in total. The van der Waals surface area contributed by atoms with Gasteiger partial charge in [-0.15, -0.1) is 0 Å². The highest BCUT2D eigenvalue weighted by Crippen LogP contribution is 2.45. The fourth-order valence-electron chi connectivity index (χ4n) is 12.7. The van der Waals surface area contributed by atoms with E-state index in [1.165, 1.54) is 41.2 Å². The number of piperazine rings is 2. The van der Waals surface area contributed by atoms with Gasteiger partial charge in [-0.25, -0.2) is 18.7 Å². The number of amides is 2. The van der Waals surface area contributed by atoms with E-state index in [1.54, 1.807) is 12.1 Å². The number of rotatable bonds is 17. The number of hydrogen-bond donors (Lipinski definition) is 2. The zero-order chi connectivity index (χ0) is 49.6. The highest BCUT2D eigenvalue weighted by molar-refractivity contribution is 5.87. The molecular weight excluding hydrogens is 911 g/mol. The van der Waals surface area contributed by atoms with Crippen molar-refractivity contribution in [2.45, 2.75) is 56.7 Å². The molecule has 72 heavy (non-hydrogen) atoms. The van der Waals surface area contributed by atoms with E-state index in [4.69, 9.17) is 9.97 Å². The smallest absolute Gasteiger partial charge is 0.243 e. The lowest BCUT2D eigenvalue weighted by Gasteiger charge is -2.51. The van der Waals surface area contributed by atoms with Gasteiger partial charge in [0.05, 0.1) is 12.1 Å². The molecule has 5 fully saturated rings. The molecule has 0 saturated carbocycles. The summed E-state index contributed by atoms with van der Waals surface area (Å²) in [5, 5.41) is 5.78. The third-order valence-electron chi connectivity index (χ3n) is 16.4. The van der Waals surface area contributed by atoms with Crippen molar-refractivity contribution in [3.05, 3.63) is 122 Å². The number of aromatic nitrogens is 2. The van der Waals surface area contributed by atoms with Crippen LogP contribution in [-0.4, -0.2) is 161 Å². The molecule has 6 aliphatic heterocycles. The molecule has 2 N–H and O–H groups in total. The maximum absolute atomic E-state index is 15.2. The second-order valence-electron chi connectivity index (χ2n) is 20.6. The van der Waals surface area contributed by atoms with Gasteiger partial charge in [0.2, 0.25) is 11.8 Å². The van der Waals surface area contributed by atoms with Crippen molar-refractivity contribution in [3.63, 3.8) is 0 Å². The molecule has 0 aliphatic carbocycles. The van der Waals surface area contributed by atoms with Gasteiger partial charge >= 0.3 is 0 Å². The number of fused-ring (bicyclic) bond motifs is 2. The average Bonchev–Trinajstić information content (AvgIpc) is 4.06. The van der Waals surface area contributed by atoms with Crippen LogP contribution in [0.3, 0.4) is 0 Å². The lowest BCUT2D eigenvalue weighted by molar-refractivity contribution is -0.117. The maximum atomic E-state index is 15.2. The predicted molar refractivity (Wildman–Crippen MR) is 284 cm³/mol. The van der Waals surface area contributed by atoms with E-state index < -0.39 is 0 Å². The SMILES string of the molecule is C=CC(=O)NCCCN1CCN(c2ccnc(N3CC[C@@H]4[C@H]3CC(C3CC(N5CCc6c(N7CCN(CCCNC(=O)C=C)CC7)ccnc65)CN(c5cccc(F)c5)C3)CN4c3cccc(F)c3)c2)CC1. The third-order valence-corrected chi connectivity index (χ3v) is 16.4. The molecule has 8 heterocycles. The Kier molecular flexibility index (Phi) is 15.5. The number of anilines is 6. The Bertz CT molecular complexity index is 2530. The molecule has 382 valence electrons. The first-order valence-corrected chi connectivity index (χ1v) is 26.5. The summed E-state index contributed by atoms with van der Waals surface area (Å²) in [5.74, 6) is 1.90. The lowest BCUT2D eigenvalue weighted by atomic mass is 9.75. The molecule has 4 aromatic rings. The number of piperidine rings is 2. The Hall–Kier alpha value is -6.26. The van der Waals surface area contributed by atoms with E-state index in [0.29, 0.717) is 13.1 Å². The number of carbonyl (C=O) groups is 2. The van der Waals surface area contributed by atoms with Gasteiger partial charge in [0.25, 0.3) is 0 Å². The third kappa shape index (κ3) is 11.2. The second-order valence-corrected chi connectivity index (χ2v) is 20.6. The fraction of sp³-hybridized carbons (Fsp3) is 0.500. The van der Waals surface area contributed by atoms with E-state index in [-0.39, 0.29) is 53.4 Å². The Morgan fingerprint density at radius 1 is 0.611 bits per heavy atom. The highest BCUT2D eigenvalue weighted by Gasteiger charge is 2.48. The van der Waals surface area contributed by atoms with Gasteiger partial charge in [0, 0.05) is 151 Å². The zero-order valence-electron chi connectivity index (χ0n) is 41.8. The molecule has 0 radical (unpaired) electrons. The van der Waals surface area contributed by atoms with Gasteiger partial charge in [0.15, 0.2) is 0 Å². The van der Waals surface area contributed by atoms with Crippen LogP contribution in [-0.2, 0) is 16.0 Å². The summed E-state index contributed by atoms with van der Waals surface area (Å²) < 4.78 is 30.2. The van der Waals surface area contributed by atoms with E-state index in [2.05, 4.69) is 87.3 Å². The van der Waals surface area contributed by atoms with Crippen molar-refractivity contribution in [1.82, 2.24) is 30.4 Å². The Morgan fingerprint density at radius 2 is 1.24 bits per heavy atom. The van der Waals surface area contributed by atoms with Crippen LogP contribution in [0.4, 0.5) is 43.2 Å². The summed E-state index contributed by atoms with van der Waals surface area (Å²) in [7, 11) is 0. The average molecular weight is 983 g/mol. The molecule has 5 saturated heterocycles. The number of hydrogen-bond acceptors (Lipinski definition) is 12. The van der Waals surface area contributed by atoms with Crippen molar-refractivity contribution >= 4 is 46.2 Å². The summed E-state index contributed by atoms with van der Waals surface area (Å²) in [6.45, 7) is 22.0. The summed E-state index contributed by atoms with van der Waals surface area (Å²) in [4.78, 5) is 53.3. The molecular formula is C56H72F2N12O2. The second kappa shape index (κ2) is 22.7. The number of halogens is 2. The maximum Gasteiger partial charge on any atom is 0.243 e. The van der Waals surface area contributed by atoms with E-state index >= 15 is 8.78 Å². The number of pyridine rings is 2. The van der Waals surface area contributed by atoms with Crippen molar-refractivity contribution in [2.24, 2.45) is 11.8 Å². The van der Waals surface area contributed by atoms with Crippen LogP contribution in [0.1, 0.15) is 37.7 Å². The Balaban J connectivity index is 0.869. The standard InChI is InChI=1S/C56H72F2N12O2/c1-3-54(71)60-17-7-21-63-25-29-65(30-26-63)46-13-19-59-53(37-46)69-24-16-51-52(69)34-42(39-70(51)47-12-6-10-44(58)36-47)41-33-48(40-67(38-41)45-11-5-9-43(57)35-45)68-23-15-49-50(14-20-62-56(49)68)66-31-27-64(28-32-66)22-8-18-61-55(72)4-2/h3-6,9-14,19-20,35-37,41-42,48,51-52H,1-2,7-8,15-18,21-34,38-40H2,(H,60,71)(H,61,72)/t41?,42?,48?,51-,52-/m1/s1. The van der Waals surface area contributed by atoms with Gasteiger partial charge in [-0.2, -0.15) is 0 Å². The Morgan fingerprint density at radius 3 is 1.92 bits per heavy atom. The van der Waals surface area contributed by atoms with Crippen LogP contribution in [0.2, 0.25) is 0 Å². The largest absolute Gasteiger partial charge is 0.369 e. The van der Waals surface area contributed by atoms with E-state index in [1.807, 2.05) is 30.6 Å². The van der Waals surface area contributed by atoms with Crippen molar-refractivity contribution in [3.8, 4) is 0 Å². The number of nitrogens with one attached hydrogen (secondary N) is 2. The zero-order valence-corrected chi connectivity index (χ0v) is 41.8. The van der Waals surface area contributed by atoms with Crippen LogP contribution in [0, 0.1) is 23.5 Å². The highest BCUT2D eigenvalue weighted by atomic mass is 19.1. The van der Waals surface area contributed by atoms with Gasteiger partial charge in [-0.1, -0.05) is 25.3 Å². The van der Waals surface area contributed by atoms with Gasteiger partial charge < -0.3 is 40.0 Å². The molecule has 2 aromatic heterocycles. The number of carbonyl (C=O) groups excluding carboxylic acids is 2. The molecule has 10 rings (SSSR count). The van der Waals surface area contributed by atoms with Crippen LogP contribution in [0.15, 0.2) is 104 Å². The first-order valence-electron chi connectivity index (χ1n) is 26.5. The molecule has 2 aromatic carbocycles. The van der Waals surface area contributed by atoms with Crippen LogP contribution in [0.25, 0.3) is 0 Å². The molecule has 2 amide bonds. The minimum Gasteiger partial charge on any atom is -0.369 e. The molecule has 0 bridgehead atoms. The molecule has 5 atom stereocenters. The summed E-state index contributed by atoms with van der Waals surface area (Å²) in [6.07, 6.45) is 12.2. The lowest BCUT2D eigenvalue weighted by Crippen LogP contribution is -2.58. The normalized spacial score (nSPS) is 23.7. The quantitative estimate of drug-likeness (QED) is 0.0985. The number of nitrogens with zero attached hydrogens (tertiary/aromatic N) is 10. The van der Waals surface area contributed by atoms with Gasteiger partial charge in [-0.05, 0) is 124 Å². The van der Waals surface area contributed by atoms with Crippen molar-refractivity contribution in [2.75, 3.05) is 141 Å². The van der Waals surface area contributed by atoms with E-state index in [0.717, 1.165) is 160 Å². The topological polar surface area (TPSA) is 110 Å². The van der Waals surface area contributed by atoms with Crippen LogP contribution in [0.5, 0.6) is 0 Å². The van der Waals surface area contributed by atoms with Crippen molar-refractivity contribution < 1.29 is 18.4 Å². The van der Waals surface area contributed by atoms with Crippen LogP contribution < -0.4 is 40.0 Å². The van der Waals surface area contributed by atoms with Gasteiger partial charge in [0.1, 0.15) is 23.3 Å². The monoisotopic (exact) mass is 983 g/mol. The summed E-state index contributed by atoms with van der Waals surface area (Å²) >= 11 is 0. The fourth-order valence-corrected chi connectivity index (χ4v) is 12.7. The first-order chi connectivity index (χ1) is 35.2. The first kappa shape index (κ1) is 49.3. The number of benzene rings is 2. The van der Waals surface area contributed by atoms with Crippen molar-refractivity contribution in [1.29, 1.82) is 0 Å². The van der Waals surface area contributed by atoms with E-state index in [9.17, 15) is 9.59 Å². The predicted octanol–water partition coefficient (Wildman–Crippen LogP) is 5.82. The Labute approximate surface area is 424 Å². The minimum absolute atomic E-state index is 0.124. The minimum atomic E-state index is -0.231. The van der Waals surface area contributed by atoms with Crippen LogP contribution >= 0.6 is 0 Å². The van der Waals surface area contributed by atoms with Gasteiger partial charge in [-0.3, -0.25) is 19.4 Å². The molecule has 16 heteroatoms. The molecule has 6 aliphatic rings.